The van der Waals surface area contributed by atoms with Crippen molar-refractivity contribution in [2.24, 2.45) is 0 Å². The van der Waals surface area contributed by atoms with E-state index in [2.05, 4.69) is 0 Å². The van der Waals surface area contributed by atoms with Crippen LogP contribution in [-0.2, 0) is 0 Å². The number of methoxy groups -OCH3 is 1. The standard InChI is InChI=1S/C20H24N2O3S/c1-15(2)22(20(24)16-8-6-5-7-9-16)21(14-26-4)19(23)17-10-12-18(25-3)13-11-17/h5-13,15H,14H2,1-4H3. The van der Waals surface area contributed by atoms with E-state index in [1.807, 2.05) is 38.3 Å². The van der Waals surface area contributed by atoms with Gasteiger partial charge in [0, 0.05) is 17.2 Å². The van der Waals surface area contributed by atoms with Crippen LogP contribution in [0.2, 0.25) is 0 Å². The fourth-order valence-electron chi connectivity index (χ4n) is 2.56. The quantitative estimate of drug-likeness (QED) is 0.570. The normalized spacial score (nSPS) is 10.5. The topological polar surface area (TPSA) is 49.9 Å². The Bertz CT molecular complexity index is 732. The lowest BCUT2D eigenvalue weighted by atomic mass is 10.2. The summed E-state index contributed by atoms with van der Waals surface area (Å²) in [5, 5.41) is 3.03. The fraction of sp³-hybridized carbons (Fsp3) is 0.300. The van der Waals surface area contributed by atoms with Gasteiger partial charge in [-0.2, -0.15) is 0 Å². The van der Waals surface area contributed by atoms with Crippen LogP contribution in [0.3, 0.4) is 0 Å². The Hall–Kier alpha value is -2.47. The zero-order valence-corrected chi connectivity index (χ0v) is 16.3. The molecule has 5 nitrogen and oxygen atoms in total. The molecule has 0 radical (unpaired) electrons. The Labute approximate surface area is 158 Å². The number of ether oxygens (including phenoxy) is 1. The number of benzene rings is 2. The molecule has 2 rings (SSSR count). The second-order valence-electron chi connectivity index (χ2n) is 5.96. The van der Waals surface area contributed by atoms with E-state index in [0.29, 0.717) is 22.8 Å². The largest absolute Gasteiger partial charge is 0.497 e. The summed E-state index contributed by atoms with van der Waals surface area (Å²) in [7, 11) is 1.58. The predicted octanol–water partition coefficient (Wildman–Crippen LogP) is 3.92. The first kappa shape index (κ1) is 19.8. The van der Waals surface area contributed by atoms with Crippen LogP contribution in [0.4, 0.5) is 0 Å². The van der Waals surface area contributed by atoms with Gasteiger partial charge in [0.25, 0.3) is 11.8 Å². The van der Waals surface area contributed by atoms with Crippen LogP contribution in [0, 0.1) is 0 Å². The van der Waals surface area contributed by atoms with E-state index in [4.69, 9.17) is 4.74 Å². The molecule has 0 saturated heterocycles. The maximum absolute atomic E-state index is 13.1. The van der Waals surface area contributed by atoms with E-state index in [1.165, 1.54) is 21.8 Å². The molecule has 0 saturated carbocycles. The summed E-state index contributed by atoms with van der Waals surface area (Å²) in [5.74, 6) is 0.636. The third kappa shape index (κ3) is 4.58. The van der Waals surface area contributed by atoms with E-state index < -0.39 is 0 Å². The zero-order valence-electron chi connectivity index (χ0n) is 15.5. The summed E-state index contributed by atoms with van der Waals surface area (Å²) in [4.78, 5) is 26.1. The van der Waals surface area contributed by atoms with Crippen molar-refractivity contribution < 1.29 is 14.3 Å². The average Bonchev–Trinajstić information content (AvgIpc) is 2.67. The fourth-order valence-corrected chi connectivity index (χ4v) is 3.05. The highest BCUT2D eigenvalue weighted by Crippen LogP contribution is 2.19. The molecule has 0 fully saturated rings. The van der Waals surface area contributed by atoms with Gasteiger partial charge in [0.15, 0.2) is 0 Å². The van der Waals surface area contributed by atoms with Crippen LogP contribution in [0.15, 0.2) is 54.6 Å². The summed E-state index contributed by atoms with van der Waals surface area (Å²) < 4.78 is 5.15. The molecule has 0 atom stereocenters. The van der Waals surface area contributed by atoms with Gasteiger partial charge in [-0.15, -0.1) is 11.8 Å². The molecule has 0 aliphatic rings. The van der Waals surface area contributed by atoms with Gasteiger partial charge in [-0.1, -0.05) is 18.2 Å². The Morgan fingerprint density at radius 2 is 1.54 bits per heavy atom. The Balaban J connectivity index is 2.36. The van der Waals surface area contributed by atoms with Crippen molar-refractivity contribution in [3.63, 3.8) is 0 Å². The highest BCUT2D eigenvalue weighted by atomic mass is 32.2. The van der Waals surface area contributed by atoms with E-state index in [9.17, 15) is 9.59 Å². The van der Waals surface area contributed by atoms with Crippen molar-refractivity contribution in [3.05, 3.63) is 65.7 Å². The lowest BCUT2D eigenvalue weighted by molar-refractivity contribution is -0.00802. The number of amides is 2. The van der Waals surface area contributed by atoms with Crippen LogP contribution in [0.5, 0.6) is 5.75 Å². The number of rotatable bonds is 6. The molecule has 2 aromatic carbocycles. The van der Waals surface area contributed by atoms with Crippen molar-refractivity contribution in [2.45, 2.75) is 19.9 Å². The SMILES string of the molecule is COc1ccc(C(=O)N(CSC)N(C(=O)c2ccccc2)C(C)C)cc1. The number of thioether (sulfide) groups is 1. The van der Waals surface area contributed by atoms with Gasteiger partial charge in [0.05, 0.1) is 13.0 Å². The summed E-state index contributed by atoms with van der Waals surface area (Å²) in [5.41, 5.74) is 1.06. The van der Waals surface area contributed by atoms with Crippen molar-refractivity contribution in [2.75, 3.05) is 19.2 Å². The molecule has 0 heterocycles. The number of hydrogen-bond donors (Lipinski definition) is 0. The number of carbonyl (C=O) groups excluding carboxylic acids is 2. The van der Waals surface area contributed by atoms with Crippen LogP contribution in [0.25, 0.3) is 0 Å². The van der Waals surface area contributed by atoms with Crippen LogP contribution < -0.4 is 4.74 Å². The van der Waals surface area contributed by atoms with Gasteiger partial charge in [-0.25, -0.2) is 10.0 Å². The summed E-state index contributed by atoms with van der Waals surface area (Å²) >= 11 is 1.49. The van der Waals surface area contributed by atoms with Crippen LogP contribution >= 0.6 is 11.8 Å². The van der Waals surface area contributed by atoms with Gasteiger partial charge in [0.2, 0.25) is 0 Å². The molecule has 0 aromatic heterocycles. The predicted molar refractivity (Wildman–Crippen MR) is 105 cm³/mol. The number of hydrogen-bond acceptors (Lipinski definition) is 4. The summed E-state index contributed by atoms with van der Waals surface area (Å²) in [6.07, 6.45) is 1.90. The monoisotopic (exact) mass is 372 g/mol. The maximum Gasteiger partial charge on any atom is 0.273 e. The third-order valence-electron chi connectivity index (χ3n) is 3.80. The zero-order chi connectivity index (χ0) is 19.1. The number of carbonyl (C=O) groups is 2. The van der Waals surface area contributed by atoms with Crippen molar-refractivity contribution in [3.8, 4) is 5.75 Å². The molecular formula is C20H24N2O3S. The van der Waals surface area contributed by atoms with Crippen LogP contribution in [0.1, 0.15) is 34.6 Å². The number of hydrazine groups is 1. The minimum absolute atomic E-state index is 0.169. The Morgan fingerprint density at radius 3 is 2.04 bits per heavy atom. The Kier molecular flexibility index (Phi) is 7.09. The molecule has 0 unspecified atom stereocenters. The molecule has 2 aromatic rings. The van der Waals surface area contributed by atoms with E-state index in [0.717, 1.165) is 0 Å². The molecule has 0 aliphatic heterocycles. The van der Waals surface area contributed by atoms with Crippen molar-refractivity contribution >= 4 is 23.6 Å². The first-order valence-electron chi connectivity index (χ1n) is 8.33. The van der Waals surface area contributed by atoms with E-state index >= 15 is 0 Å². The molecule has 0 bridgehead atoms. The lowest BCUT2D eigenvalue weighted by Crippen LogP contribution is -2.52. The molecular weight excluding hydrogens is 348 g/mol. The van der Waals surface area contributed by atoms with Gasteiger partial charge >= 0.3 is 0 Å². The highest BCUT2D eigenvalue weighted by Gasteiger charge is 2.29. The minimum Gasteiger partial charge on any atom is -0.497 e. The molecule has 26 heavy (non-hydrogen) atoms. The second kappa shape index (κ2) is 9.29. The smallest absolute Gasteiger partial charge is 0.273 e. The van der Waals surface area contributed by atoms with Crippen molar-refractivity contribution in [1.29, 1.82) is 0 Å². The third-order valence-corrected chi connectivity index (χ3v) is 4.30. The molecule has 2 amide bonds. The molecule has 6 heteroatoms. The molecule has 0 N–H and O–H groups in total. The minimum atomic E-state index is -0.222. The molecule has 0 spiro atoms. The second-order valence-corrected chi connectivity index (χ2v) is 6.80. The van der Waals surface area contributed by atoms with Gasteiger partial charge in [0.1, 0.15) is 5.75 Å². The van der Waals surface area contributed by atoms with Gasteiger partial charge in [-0.05, 0) is 56.5 Å². The van der Waals surface area contributed by atoms with Crippen molar-refractivity contribution in [1.82, 2.24) is 10.0 Å². The highest BCUT2D eigenvalue weighted by molar-refractivity contribution is 7.98. The van der Waals surface area contributed by atoms with Gasteiger partial charge < -0.3 is 4.74 Å². The van der Waals surface area contributed by atoms with E-state index in [-0.39, 0.29) is 17.9 Å². The first-order valence-corrected chi connectivity index (χ1v) is 9.72. The maximum atomic E-state index is 13.1. The summed E-state index contributed by atoms with van der Waals surface area (Å²) in [6.45, 7) is 3.80. The van der Waals surface area contributed by atoms with Gasteiger partial charge in [-0.3, -0.25) is 9.59 Å². The molecule has 0 aliphatic carbocycles. The molecule has 138 valence electrons. The number of nitrogens with zero attached hydrogens (tertiary/aromatic N) is 2. The Morgan fingerprint density at radius 1 is 0.962 bits per heavy atom. The van der Waals surface area contributed by atoms with E-state index in [1.54, 1.807) is 43.5 Å². The first-order chi connectivity index (χ1) is 12.5. The van der Waals surface area contributed by atoms with Crippen LogP contribution in [-0.4, -0.2) is 47.1 Å². The summed E-state index contributed by atoms with van der Waals surface area (Å²) in [6, 6.07) is 15.7. The average molecular weight is 372 g/mol. The lowest BCUT2D eigenvalue weighted by Gasteiger charge is -2.37.